The lowest BCUT2D eigenvalue weighted by Gasteiger charge is -2.20. The molecule has 0 aliphatic rings. The van der Waals surface area contributed by atoms with Crippen molar-refractivity contribution < 1.29 is 9.53 Å². The van der Waals surface area contributed by atoms with E-state index in [-0.39, 0.29) is 18.1 Å². The second-order valence-electron chi connectivity index (χ2n) is 4.32. The molecule has 2 unspecified atom stereocenters. The van der Waals surface area contributed by atoms with E-state index in [4.69, 9.17) is 16.3 Å². The van der Waals surface area contributed by atoms with Crippen LogP contribution >= 0.6 is 11.6 Å². The summed E-state index contributed by atoms with van der Waals surface area (Å²) in [7, 11) is 0. The number of halogens is 1. The molecule has 2 atom stereocenters. The number of rotatable bonds is 6. The van der Waals surface area contributed by atoms with Crippen molar-refractivity contribution in [1.82, 2.24) is 5.32 Å². The lowest BCUT2D eigenvalue weighted by atomic mass is 10.1. The Labute approximate surface area is 113 Å². The van der Waals surface area contributed by atoms with Crippen LogP contribution in [-0.4, -0.2) is 18.6 Å². The van der Waals surface area contributed by atoms with Crippen LogP contribution in [0.4, 0.5) is 0 Å². The Morgan fingerprint density at radius 2 is 2.06 bits per heavy atom. The van der Waals surface area contributed by atoms with Crippen LogP contribution in [0.2, 0.25) is 5.02 Å². The molecule has 0 saturated carbocycles. The number of hydrogen-bond donors (Lipinski definition) is 1. The van der Waals surface area contributed by atoms with Crippen molar-refractivity contribution in [1.29, 1.82) is 0 Å². The highest BCUT2D eigenvalue weighted by Crippen LogP contribution is 2.22. The van der Waals surface area contributed by atoms with Crippen LogP contribution in [0.1, 0.15) is 38.8 Å². The fourth-order valence-corrected chi connectivity index (χ4v) is 2.17. The zero-order chi connectivity index (χ0) is 13.5. The number of hydrogen-bond acceptors (Lipinski definition) is 3. The Morgan fingerprint density at radius 1 is 1.39 bits per heavy atom. The van der Waals surface area contributed by atoms with Gasteiger partial charge >= 0.3 is 5.97 Å². The SMILES string of the molecule is CCOC(=O)CC(C)NC(C)c1ccccc1Cl. The molecule has 1 N–H and O–H groups in total. The lowest BCUT2D eigenvalue weighted by molar-refractivity contribution is -0.143. The highest BCUT2D eigenvalue weighted by atomic mass is 35.5. The minimum atomic E-state index is -0.177. The fourth-order valence-electron chi connectivity index (χ4n) is 1.87. The summed E-state index contributed by atoms with van der Waals surface area (Å²) in [5, 5.41) is 4.08. The monoisotopic (exact) mass is 269 g/mol. The summed E-state index contributed by atoms with van der Waals surface area (Å²) in [4.78, 5) is 11.4. The number of esters is 1. The smallest absolute Gasteiger partial charge is 0.307 e. The van der Waals surface area contributed by atoms with Crippen molar-refractivity contribution in [2.45, 2.75) is 39.3 Å². The first-order valence-corrected chi connectivity index (χ1v) is 6.58. The van der Waals surface area contributed by atoms with Crippen molar-refractivity contribution in [3.8, 4) is 0 Å². The summed E-state index contributed by atoms with van der Waals surface area (Å²) in [5.74, 6) is -0.177. The molecule has 3 nitrogen and oxygen atoms in total. The van der Waals surface area contributed by atoms with Crippen LogP contribution in [0.25, 0.3) is 0 Å². The molecule has 100 valence electrons. The summed E-state index contributed by atoms with van der Waals surface area (Å²) < 4.78 is 4.92. The Hall–Kier alpha value is -1.06. The van der Waals surface area contributed by atoms with Gasteiger partial charge in [0, 0.05) is 17.1 Å². The maximum absolute atomic E-state index is 11.4. The molecule has 0 aliphatic heterocycles. The van der Waals surface area contributed by atoms with E-state index in [0.29, 0.717) is 13.0 Å². The first kappa shape index (κ1) is 15.0. The molecule has 1 aromatic rings. The molecule has 1 rings (SSSR count). The van der Waals surface area contributed by atoms with E-state index in [1.807, 2.05) is 45.0 Å². The predicted octanol–water partition coefficient (Wildman–Crippen LogP) is 3.33. The Bertz CT molecular complexity index is 395. The van der Waals surface area contributed by atoms with Crippen LogP contribution in [0.15, 0.2) is 24.3 Å². The van der Waals surface area contributed by atoms with E-state index in [9.17, 15) is 4.79 Å². The average molecular weight is 270 g/mol. The highest BCUT2D eigenvalue weighted by molar-refractivity contribution is 6.31. The van der Waals surface area contributed by atoms with Crippen LogP contribution in [0, 0.1) is 0 Å². The summed E-state index contributed by atoms with van der Waals surface area (Å²) >= 11 is 6.13. The third-order valence-electron chi connectivity index (χ3n) is 2.68. The summed E-state index contributed by atoms with van der Waals surface area (Å²) in [6.45, 7) is 6.22. The van der Waals surface area contributed by atoms with Gasteiger partial charge in [0.05, 0.1) is 13.0 Å². The molecule has 1 aromatic carbocycles. The van der Waals surface area contributed by atoms with Crippen LogP contribution in [-0.2, 0) is 9.53 Å². The number of carbonyl (C=O) groups is 1. The Kier molecular flexibility index (Phi) is 6.16. The zero-order valence-corrected chi connectivity index (χ0v) is 11.8. The molecular weight excluding hydrogens is 250 g/mol. The van der Waals surface area contributed by atoms with Crippen LogP contribution < -0.4 is 5.32 Å². The third-order valence-corrected chi connectivity index (χ3v) is 3.03. The largest absolute Gasteiger partial charge is 0.466 e. The molecule has 0 radical (unpaired) electrons. The Morgan fingerprint density at radius 3 is 2.67 bits per heavy atom. The van der Waals surface area contributed by atoms with Crippen molar-refractivity contribution in [3.05, 3.63) is 34.9 Å². The zero-order valence-electron chi connectivity index (χ0n) is 11.1. The van der Waals surface area contributed by atoms with Crippen molar-refractivity contribution >= 4 is 17.6 Å². The summed E-state index contributed by atoms with van der Waals surface area (Å²) in [6.07, 6.45) is 0.364. The normalized spacial score (nSPS) is 14.0. The lowest BCUT2D eigenvalue weighted by Crippen LogP contribution is -2.31. The molecule has 0 fully saturated rings. The van der Waals surface area contributed by atoms with Gasteiger partial charge in [-0.25, -0.2) is 0 Å². The number of ether oxygens (including phenoxy) is 1. The van der Waals surface area contributed by atoms with E-state index >= 15 is 0 Å². The second kappa shape index (κ2) is 7.39. The van der Waals surface area contributed by atoms with Gasteiger partial charge in [-0.1, -0.05) is 29.8 Å². The maximum Gasteiger partial charge on any atom is 0.307 e. The van der Waals surface area contributed by atoms with E-state index in [2.05, 4.69) is 5.32 Å². The highest BCUT2D eigenvalue weighted by Gasteiger charge is 2.14. The molecule has 0 aromatic heterocycles. The van der Waals surface area contributed by atoms with E-state index < -0.39 is 0 Å². The topological polar surface area (TPSA) is 38.3 Å². The van der Waals surface area contributed by atoms with Crippen LogP contribution in [0.3, 0.4) is 0 Å². The number of nitrogens with one attached hydrogen (secondary N) is 1. The molecule has 0 bridgehead atoms. The van der Waals surface area contributed by atoms with Crippen molar-refractivity contribution in [3.63, 3.8) is 0 Å². The van der Waals surface area contributed by atoms with Gasteiger partial charge in [0.2, 0.25) is 0 Å². The molecule has 0 heterocycles. The number of carbonyl (C=O) groups excluding carboxylic acids is 1. The van der Waals surface area contributed by atoms with Gasteiger partial charge in [0.25, 0.3) is 0 Å². The first-order chi connectivity index (χ1) is 8.54. The van der Waals surface area contributed by atoms with E-state index in [1.54, 1.807) is 0 Å². The molecular formula is C14H20ClNO2. The van der Waals surface area contributed by atoms with Gasteiger partial charge in [0.1, 0.15) is 0 Å². The molecule has 0 aliphatic carbocycles. The van der Waals surface area contributed by atoms with Crippen molar-refractivity contribution in [2.75, 3.05) is 6.61 Å². The van der Waals surface area contributed by atoms with E-state index in [1.165, 1.54) is 0 Å². The third kappa shape index (κ3) is 4.67. The van der Waals surface area contributed by atoms with E-state index in [0.717, 1.165) is 10.6 Å². The molecule has 0 saturated heterocycles. The van der Waals surface area contributed by atoms with Gasteiger partial charge in [0.15, 0.2) is 0 Å². The molecule has 18 heavy (non-hydrogen) atoms. The first-order valence-electron chi connectivity index (χ1n) is 6.20. The van der Waals surface area contributed by atoms with Crippen molar-refractivity contribution in [2.24, 2.45) is 0 Å². The average Bonchev–Trinajstić information content (AvgIpc) is 2.29. The van der Waals surface area contributed by atoms with Gasteiger partial charge in [-0.3, -0.25) is 4.79 Å². The summed E-state index contributed by atoms with van der Waals surface area (Å²) in [6, 6.07) is 7.86. The minimum absolute atomic E-state index is 0.0512. The number of benzene rings is 1. The van der Waals surface area contributed by atoms with Crippen LogP contribution in [0.5, 0.6) is 0 Å². The molecule has 4 heteroatoms. The minimum Gasteiger partial charge on any atom is -0.466 e. The molecule has 0 spiro atoms. The van der Waals surface area contributed by atoms with Gasteiger partial charge in [-0.05, 0) is 32.4 Å². The van der Waals surface area contributed by atoms with Gasteiger partial charge < -0.3 is 10.1 Å². The second-order valence-corrected chi connectivity index (χ2v) is 4.73. The maximum atomic E-state index is 11.4. The van der Waals surface area contributed by atoms with Gasteiger partial charge in [-0.2, -0.15) is 0 Å². The fraction of sp³-hybridized carbons (Fsp3) is 0.500. The summed E-state index contributed by atoms with van der Waals surface area (Å²) in [5.41, 5.74) is 1.04. The Balaban J connectivity index is 2.52. The van der Waals surface area contributed by atoms with Gasteiger partial charge in [-0.15, -0.1) is 0 Å². The predicted molar refractivity (Wildman–Crippen MR) is 73.7 cm³/mol. The standard InChI is InChI=1S/C14H20ClNO2/c1-4-18-14(17)9-10(2)16-11(3)12-7-5-6-8-13(12)15/h5-8,10-11,16H,4,9H2,1-3H3. The molecule has 0 amide bonds. The quantitative estimate of drug-likeness (QED) is 0.805.